The number of H-pyrrole nitrogens is 1. The van der Waals surface area contributed by atoms with E-state index in [4.69, 9.17) is 4.74 Å². The van der Waals surface area contributed by atoms with Gasteiger partial charge >= 0.3 is 0 Å². The number of rotatable bonds is 4. The van der Waals surface area contributed by atoms with Crippen LogP contribution >= 0.6 is 0 Å². The molecule has 1 aliphatic heterocycles. The number of aliphatic imine (C=N–C) groups is 1. The standard InChI is InChI=1S/C17H21N5O/c1-4-13(9-18-12(2)3)14-10-19-16-15(14)17(21-11-20-16)22-5-7-23-8-6-22/h4,9-11H,2,5-8H2,1,3H3,(H,19,20,21)/b13-4+,18-9?. The van der Waals surface area contributed by atoms with E-state index in [-0.39, 0.29) is 0 Å². The van der Waals surface area contributed by atoms with E-state index in [1.54, 1.807) is 6.33 Å². The summed E-state index contributed by atoms with van der Waals surface area (Å²) in [6.07, 6.45) is 7.43. The molecule has 0 aromatic carbocycles. The topological polar surface area (TPSA) is 66.4 Å². The van der Waals surface area contributed by atoms with Gasteiger partial charge < -0.3 is 14.6 Å². The summed E-state index contributed by atoms with van der Waals surface area (Å²) in [6, 6.07) is 0. The summed E-state index contributed by atoms with van der Waals surface area (Å²) in [5.74, 6) is 0.942. The van der Waals surface area contributed by atoms with Crippen LogP contribution in [0.5, 0.6) is 0 Å². The molecule has 6 nitrogen and oxygen atoms in total. The predicted octanol–water partition coefficient (Wildman–Crippen LogP) is 2.80. The number of fused-ring (bicyclic) bond motifs is 1. The van der Waals surface area contributed by atoms with E-state index in [1.165, 1.54) is 0 Å². The molecule has 1 aliphatic rings. The Hall–Kier alpha value is -2.47. The zero-order chi connectivity index (χ0) is 16.2. The zero-order valence-corrected chi connectivity index (χ0v) is 13.5. The highest BCUT2D eigenvalue weighted by Gasteiger charge is 2.19. The van der Waals surface area contributed by atoms with Crippen LogP contribution in [-0.4, -0.2) is 47.5 Å². The van der Waals surface area contributed by atoms with Crippen molar-refractivity contribution in [3.8, 4) is 0 Å². The molecule has 0 spiro atoms. The first-order valence-electron chi connectivity index (χ1n) is 7.71. The molecular weight excluding hydrogens is 290 g/mol. The molecule has 3 heterocycles. The highest BCUT2D eigenvalue weighted by atomic mass is 16.5. The number of anilines is 1. The smallest absolute Gasteiger partial charge is 0.143 e. The first-order valence-corrected chi connectivity index (χ1v) is 7.71. The molecule has 3 rings (SSSR count). The normalized spacial score (nSPS) is 16.4. The van der Waals surface area contributed by atoms with Crippen molar-refractivity contribution in [2.45, 2.75) is 13.8 Å². The van der Waals surface area contributed by atoms with Crippen LogP contribution in [0.4, 0.5) is 5.82 Å². The SMILES string of the molecule is C=C(C)N=C/C(=C\C)c1c[nH]c2ncnc(N3CCOCC3)c12. The van der Waals surface area contributed by atoms with Gasteiger partial charge in [0.05, 0.1) is 18.6 Å². The number of morpholine rings is 1. The number of nitrogens with one attached hydrogen (secondary N) is 1. The van der Waals surface area contributed by atoms with E-state index >= 15 is 0 Å². The summed E-state index contributed by atoms with van der Waals surface area (Å²) in [6.45, 7) is 10.8. The number of allylic oxidation sites excluding steroid dienone is 3. The van der Waals surface area contributed by atoms with E-state index in [2.05, 4.69) is 31.4 Å². The Morgan fingerprint density at radius 3 is 2.87 bits per heavy atom. The van der Waals surface area contributed by atoms with Gasteiger partial charge in [-0.2, -0.15) is 0 Å². The van der Waals surface area contributed by atoms with Crippen LogP contribution in [0.3, 0.4) is 0 Å². The summed E-state index contributed by atoms with van der Waals surface area (Å²) < 4.78 is 5.44. The fraction of sp³-hybridized carbons (Fsp3) is 0.353. The predicted molar refractivity (Wildman–Crippen MR) is 93.9 cm³/mol. The van der Waals surface area contributed by atoms with Gasteiger partial charge in [0.1, 0.15) is 17.8 Å². The van der Waals surface area contributed by atoms with Gasteiger partial charge in [-0.1, -0.05) is 12.7 Å². The molecule has 0 atom stereocenters. The summed E-state index contributed by atoms with van der Waals surface area (Å²) in [4.78, 5) is 18.7. The monoisotopic (exact) mass is 311 g/mol. The summed E-state index contributed by atoms with van der Waals surface area (Å²) >= 11 is 0. The van der Waals surface area contributed by atoms with E-state index < -0.39 is 0 Å². The van der Waals surface area contributed by atoms with Gasteiger partial charge in [-0.3, -0.25) is 4.99 Å². The largest absolute Gasteiger partial charge is 0.378 e. The maximum Gasteiger partial charge on any atom is 0.143 e. The maximum absolute atomic E-state index is 5.44. The Morgan fingerprint density at radius 1 is 1.39 bits per heavy atom. The molecule has 2 aromatic rings. The minimum absolute atomic E-state index is 0.721. The van der Waals surface area contributed by atoms with E-state index in [9.17, 15) is 0 Å². The first-order chi connectivity index (χ1) is 11.2. The third-order valence-electron chi connectivity index (χ3n) is 3.81. The van der Waals surface area contributed by atoms with Crippen molar-refractivity contribution in [3.05, 3.63) is 36.4 Å². The average molecular weight is 311 g/mol. The average Bonchev–Trinajstić information content (AvgIpc) is 3.00. The number of nitrogens with zero attached hydrogens (tertiary/aromatic N) is 4. The third-order valence-corrected chi connectivity index (χ3v) is 3.81. The second-order valence-electron chi connectivity index (χ2n) is 5.46. The molecule has 0 bridgehead atoms. The van der Waals surface area contributed by atoms with Crippen LogP contribution in [0.2, 0.25) is 0 Å². The van der Waals surface area contributed by atoms with Crippen molar-refractivity contribution in [2.75, 3.05) is 31.2 Å². The lowest BCUT2D eigenvalue weighted by atomic mass is 10.1. The van der Waals surface area contributed by atoms with Gasteiger partial charge in [0.25, 0.3) is 0 Å². The molecule has 6 heteroatoms. The molecule has 0 unspecified atom stereocenters. The molecule has 0 aliphatic carbocycles. The Labute approximate surface area is 135 Å². The van der Waals surface area contributed by atoms with Crippen molar-refractivity contribution in [3.63, 3.8) is 0 Å². The van der Waals surface area contributed by atoms with Crippen LogP contribution in [0.1, 0.15) is 19.4 Å². The van der Waals surface area contributed by atoms with Crippen molar-refractivity contribution >= 4 is 28.6 Å². The highest BCUT2D eigenvalue weighted by Crippen LogP contribution is 2.30. The number of aromatic nitrogens is 3. The van der Waals surface area contributed by atoms with Gasteiger partial charge in [0.15, 0.2) is 0 Å². The minimum atomic E-state index is 0.721. The van der Waals surface area contributed by atoms with Crippen molar-refractivity contribution in [2.24, 2.45) is 4.99 Å². The Bertz CT molecular complexity index is 768. The molecule has 120 valence electrons. The van der Waals surface area contributed by atoms with E-state index in [1.807, 2.05) is 32.3 Å². The summed E-state index contributed by atoms with van der Waals surface area (Å²) in [5.41, 5.74) is 3.67. The summed E-state index contributed by atoms with van der Waals surface area (Å²) in [5, 5.41) is 1.02. The molecule has 0 saturated carbocycles. The number of hydrogen-bond acceptors (Lipinski definition) is 5. The molecule has 23 heavy (non-hydrogen) atoms. The van der Waals surface area contributed by atoms with Crippen LogP contribution < -0.4 is 4.90 Å². The molecule has 1 N–H and O–H groups in total. The quantitative estimate of drug-likeness (QED) is 0.882. The van der Waals surface area contributed by atoms with Gasteiger partial charge in [0.2, 0.25) is 0 Å². The van der Waals surface area contributed by atoms with E-state index in [0.29, 0.717) is 0 Å². The fourth-order valence-corrected chi connectivity index (χ4v) is 2.67. The van der Waals surface area contributed by atoms with Crippen molar-refractivity contribution < 1.29 is 4.74 Å². The molecule has 2 aromatic heterocycles. The Morgan fingerprint density at radius 2 is 2.17 bits per heavy atom. The molecule has 0 radical (unpaired) electrons. The van der Waals surface area contributed by atoms with Crippen LogP contribution in [-0.2, 0) is 4.74 Å². The van der Waals surface area contributed by atoms with Gasteiger partial charge in [-0.15, -0.1) is 0 Å². The highest BCUT2D eigenvalue weighted by molar-refractivity contribution is 6.16. The minimum Gasteiger partial charge on any atom is -0.378 e. The summed E-state index contributed by atoms with van der Waals surface area (Å²) in [7, 11) is 0. The first kappa shape index (κ1) is 15.4. The molecule has 1 saturated heterocycles. The van der Waals surface area contributed by atoms with E-state index in [0.717, 1.165) is 60.0 Å². The van der Waals surface area contributed by atoms with Crippen molar-refractivity contribution in [1.29, 1.82) is 0 Å². The Kier molecular flexibility index (Phi) is 4.52. The van der Waals surface area contributed by atoms with Crippen molar-refractivity contribution in [1.82, 2.24) is 15.0 Å². The zero-order valence-electron chi connectivity index (χ0n) is 13.5. The molecular formula is C17H21N5O. The lowest BCUT2D eigenvalue weighted by molar-refractivity contribution is 0.122. The second kappa shape index (κ2) is 6.75. The van der Waals surface area contributed by atoms with Gasteiger partial charge in [0, 0.05) is 36.8 Å². The fourth-order valence-electron chi connectivity index (χ4n) is 2.67. The number of ether oxygens (including phenoxy) is 1. The maximum atomic E-state index is 5.44. The number of hydrogen-bond donors (Lipinski definition) is 1. The van der Waals surface area contributed by atoms with Crippen LogP contribution in [0.15, 0.2) is 35.9 Å². The lowest BCUT2D eigenvalue weighted by Gasteiger charge is -2.28. The van der Waals surface area contributed by atoms with Gasteiger partial charge in [-0.25, -0.2) is 9.97 Å². The van der Waals surface area contributed by atoms with Gasteiger partial charge in [-0.05, 0) is 19.4 Å². The second-order valence-corrected chi connectivity index (χ2v) is 5.46. The van der Waals surface area contributed by atoms with Crippen LogP contribution in [0, 0.1) is 0 Å². The molecule has 0 amide bonds. The third kappa shape index (κ3) is 3.17. The lowest BCUT2D eigenvalue weighted by Crippen LogP contribution is -2.36. The number of aromatic amines is 1. The Balaban J connectivity index is 2.09. The van der Waals surface area contributed by atoms with Crippen LogP contribution in [0.25, 0.3) is 16.6 Å². The molecule has 1 fully saturated rings.